The highest BCUT2D eigenvalue weighted by atomic mass is 16.5. The number of morpholine rings is 1. The van der Waals surface area contributed by atoms with E-state index < -0.39 is 0 Å². The number of nitrogen functional groups attached to an aromatic ring is 1. The summed E-state index contributed by atoms with van der Waals surface area (Å²) in [6.45, 7) is 3.29. The van der Waals surface area contributed by atoms with Crippen LogP contribution in [0.4, 0.5) is 11.8 Å². The van der Waals surface area contributed by atoms with Crippen molar-refractivity contribution in [1.82, 2.24) is 25.1 Å². The van der Waals surface area contributed by atoms with E-state index in [0.29, 0.717) is 24.0 Å². The molecule has 0 radical (unpaired) electrons. The Kier molecular flexibility index (Phi) is 3.63. The summed E-state index contributed by atoms with van der Waals surface area (Å²) in [6.07, 6.45) is 1.83. The molecule has 2 aromatic rings. The summed E-state index contributed by atoms with van der Waals surface area (Å²) in [5, 5.41) is 10.9. The van der Waals surface area contributed by atoms with E-state index in [1.54, 1.807) is 6.20 Å². The van der Waals surface area contributed by atoms with E-state index in [0.717, 1.165) is 25.1 Å². The third-order valence-corrected chi connectivity index (χ3v) is 3.28. The van der Waals surface area contributed by atoms with Crippen molar-refractivity contribution in [3.05, 3.63) is 6.20 Å². The lowest BCUT2D eigenvalue weighted by molar-refractivity contribution is -0.0117. The molecule has 3 rings (SSSR count). The third kappa shape index (κ3) is 2.64. The number of nitrogens with two attached hydrogens (primary N) is 1. The largest absolute Gasteiger partial charge is 0.374 e. The molecule has 0 saturated carbocycles. The van der Waals surface area contributed by atoms with Gasteiger partial charge in [-0.05, 0) is 7.05 Å². The summed E-state index contributed by atoms with van der Waals surface area (Å²) >= 11 is 0. The van der Waals surface area contributed by atoms with Crippen molar-refractivity contribution in [3.63, 3.8) is 0 Å². The van der Waals surface area contributed by atoms with Gasteiger partial charge in [-0.1, -0.05) is 0 Å². The minimum atomic E-state index is 0.139. The van der Waals surface area contributed by atoms with Crippen LogP contribution in [-0.4, -0.2) is 64.5 Å². The number of fused-ring (bicyclic) bond motifs is 1. The summed E-state index contributed by atoms with van der Waals surface area (Å²) in [5.41, 5.74) is 3.08. The summed E-state index contributed by atoms with van der Waals surface area (Å²) < 4.78 is 5.71. The average molecular weight is 278 g/mol. The van der Waals surface area contributed by atoms with Gasteiger partial charge in [-0.25, -0.2) is 5.84 Å². The number of hydrazine groups is 1. The molecular formula is C11H18N8O. The van der Waals surface area contributed by atoms with Crippen LogP contribution in [0.15, 0.2) is 6.20 Å². The number of hydrogen-bond acceptors (Lipinski definition) is 8. The second-order valence-corrected chi connectivity index (χ2v) is 4.81. The molecule has 108 valence electrons. The van der Waals surface area contributed by atoms with Crippen molar-refractivity contribution in [1.29, 1.82) is 0 Å². The molecule has 1 aliphatic heterocycles. The summed E-state index contributed by atoms with van der Waals surface area (Å²) in [5.74, 6) is 6.39. The highest BCUT2D eigenvalue weighted by molar-refractivity contribution is 5.86. The van der Waals surface area contributed by atoms with Gasteiger partial charge in [-0.15, -0.1) is 0 Å². The Morgan fingerprint density at radius 1 is 1.55 bits per heavy atom. The number of nitrogens with zero attached hydrogens (tertiary/aromatic N) is 4. The normalized spacial score (nSPS) is 20.2. The zero-order chi connectivity index (χ0) is 13.9. The number of nitrogens with one attached hydrogen (secondary N) is 3. The molecule has 0 aromatic carbocycles. The van der Waals surface area contributed by atoms with Gasteiger partial charge >= 0.3 is 0 Å². The molecule has 5 N–H and O–H groups in total. The highest BCUT2D eigenvalue weighted by Gasteiger charge is 2.18. The van der Waals surface area contributed by atoms with E-state index in [9.17, 15) is 0 Å². The number of H-pyrrole nitrogens is 1. The maximum absolute atomic E-state index is 5.71. The molecule has 2 aromatic heterocycles. The van der Waals surface area contributed by atoms with Gasteiger partial charge in [0.2, 0.25) is 5.95 Å². The first-order valence-corrected chi connectivity index (χ1v) is 6.48. The van der Waals surface area contributed by atoms with E-state index in [2.05, 4.69) is 42.9 Å². The predicted octanol–water partition coefficient (Wildman–Crippen LogP) is -0.619. The zero-order valence-corrected chi connectivity index (χ0v) is 11.3. The molecule has 9 nitrogen and oxygen atoms in total. The van der Waals surface area contributed by atoms with Crippen molar-refractivity contribution < 1.29 is 4.74 Å². The lowest BCUT2D eigenvalue weighted by atomic mass is 10.2. The number of anilines is 2. The van der Waals surface area contributed by atoms with Gasteiger partial charge in [0.1, 0.15) is 5.82 Å². The number of rotatable bonds is 4. The fourth-order valence-electron chi connectivity index (χ4n) is 2.23. The van der Waals surface area contributed by atoms with Crippen molar-refractivity contribution in [2.75, 3.05) is 44.0 Å². The maximum Gasteiger partial charge on any atom is 0.241 e. The number of ether oxygens (including phenoxy) is 1. The van der Waals surface area contributed by atoms with Crippen LogP contribution in [0, 0.1) is 0 Å². The Morgan fingerprint density at radius 3 is 3.25 bits per heavy atom. The van der Waals surface area contributed by atoms with Gasteiger partial charge in [0.15, 0.2) is 5.65 Å². The molecule has 1 fully saturated rings. The van der Waals surface area contributed by atoms with Gasteiger partial charge < -0.3 is 15.0 Å². The Balaban J connectivity index is 1.74. The summed E-state index contributed by atoms with van der Waals surface area (Å²) in [6, 6.07) is 0. The standard InChI is InChI=1S/C11H18N8O/c1-19-2-3-20-7(6-19)4-13-9-8-5-14-18-10(8)16-11(15-9)17-12/h5,7H,2-4,6,12H2,1H3,(H3,13,14,15,16,17,18). The summed E-state index contributed by atoms with van der Waals surface area (Å²) in [4.78, 5) is 10.7. The lowest BCUT2D eigenvalue weighted by Crippen LogP contribution is -2.43. The van der Waals surface area contributed by atoms with Gasteiger partial charge in [-0.2, -0.15) is 15.1 Å². The van der Waals surface area contributed by atoms with E-state index in [1.165, 1.54) is 0 Å². The molecule has 3 heterocycles. The third-order valence-electron chi connectivity index (χ3n) is 3.28. The Hall–Kier alpha value is -1.97. The second-order valence-electron chi connectivity index (χ2n) is 4.81. The van der Waals surface area contributed by atoms with Crippen LogP contribution >= 0.6 is 0 Å². The number of hydrogen-bond donors (Lipinski definition) is 4. The van der Waals surface area contributed by atoms with E-state index in [1.807, 2.05) is 0 Å². The second kappa shape index (κ2) is 5.57. The average Bonchev–Trinajstić information content (AvgIpc) is 2.93. The van der Waals surface area contributed by atoms with Crippen molar-refractivity contribution >= 4 is 22.8 Å². The molecule has 9 heteroatoms. The smallest absolute Gasteiger partial charge is 0.241 e. The molecule has 0 aliphatic carbocycles. The molecular weight excluding hydrogens is 260 g/mol. The monoisotopic (exact) mass is 278 g/mol. The predicted molar refractivity (Wildman–Crippen MR) is 75.2 cm³/mol. The van der Waals surface area contributed by atoms with Crippen LogP contribution in [0.2, 0.25) is 0 Å². The first-order chi connectivity index (χ1) is 9.76. The maximum atomic E-state index is 5.71. The summed E-state index contributed by atoms with van der Waals surface area (Å²) in [7, 11) is 2.09. The van der Waals surface area contributed by atoms with Crippen LogP contribution in [0.3, 0.4) is 0 Å². The van der Waals surface area contributed by atoms with E-state index >= 15 is 0 Å². The first-order valence-electron chi connectivity index (χ1n) is 6.48. The molecule has 1 atom stereocenters. The van der Waals surface area contributed by atoms with Crippen LogP contribution < -0.4 is 16.6 Å². The fraction of sp³-hybridized carbons (Fsp3) is 0.545. The zero-order valence-electron chi connectivity index (χ0n) is 11.3. The number of aromatic amines is 1. The Morgan fingerprint density at radius 2 is 2.45 bits per heavy atom. The van der Waals surface area contributed by atoms with Crippen LogP contribution in [0.1, 0.15) is 0 Å². The van der Waals surface area contributed by atoms with Gasteiger partial charge in [-0.3, -0.25) is 10.5 Å². The molecule has 20 heavy (non-hydrogen) atoms. The Labute approximate surface area is 115 Å². The van der Waals surface area contributed by atoms with Gasteiger partial charge in [0.05, 0.1) is 24.3 Å². The number of likely N-dealkylation sites (N-methyl/N-ethyl adjacent to an activating group) is 1. The number of aromatic nitrogens is 4. The molecule has 1 unspecified atom stereocenters. The topological polar surface area (TPSA) is 117 Å². The van der Waals surface area contributed by atoms with Crippen molar-refractivity contribution in [2.24, 2.45) is 5.84 Å². The molecule has 0 bridgehead atoms. The van der Waals surface area contributed by atoms with Crippen LogP contribution in [0.25, 0.3) is 11.0 Å². The molecule has 0 amide bonds. The SMILES string of the molecule is CN1CCOC(CNc2nc(NN)nc3[nH]ncc23)C1. The molecule has 1 aliphatic rings. The van der Waals surface area contributed by atoms with E-state index in [4.69, 9.17) is 10.6 Å². The highest BCUT2D eigenvalue weighted by Crippen LogP contribution is 2.19. The quantitative estimate of drug-likeness (QED) is 0.432. The van der Waals surface area contributed by atoms with Crippen LogP contribution in [0.5, 0.6) is 0 Å². The Bertz CT molecular complexity index is 585. The van der Waals surface area contributed by atoms with E-state index in [-0.39, 0.29) is 6.10 Å². The first kappa shape index (κ1) is 13.0. The minimum Gasteiger partial charge on any atom is -0.374 e. The van der Waals surface area contributed by atoms with Gasteiger partial charge in [0.25, 0.3) is 0 Å². The lowest BCUT2D eigenvalue weighted by Gasteiger charge is -2.30. The van der Waals surface area contributed by atoms with Crippen molar-refractivity contribution in [3.8, 4) is 0 Å². The minimum absolute atomic E-state index is 0.139. The fourth-order valence-corrected chi connectivity index (χ4v) is 2.23. The molecule has 0 spiro atoms. The van der Waals surface area contributed by atoms with Crippen molar-refractivity contribution in [2.45, 2.75) is 6.10 Å². The van der Waals surface area contributed by atoms with Crippen LogP contribution in [-0.2, 0) is 4.74 Å². The molecule has 1 saturated heterocycles. The van der Waals surface area contributed by atoms with Gasteiger partial charge in [0, 0.05) is 19.6 Å².